The average molecular weight is 167 g/mol. The Balaban J connectivity index is 2.79. The quantitative estimate of drug-likeness (QED) is 0.632. The summed E-state index contributed by atoms with van der Waals surface area (Å²) in [5.41, 5.74) is 3.54. The molecule has 0 saturated heterocycles. The number of fused-ring (bicyclic) bond motifs is 1. The van der Waals surface area contributed by atoms with Crippen LogP contribution >= 0.6 is 11.5 Å². The van der Waals surface area contributed by atoms with E-state index in [1.54, 1.807) is 6.07 Å². The molecule has 0 fully saturated rings. The van der Waals surface area contributed by atoms with Crippen LogP contribution in [-0.4, -0.2) is 14.8 Å². The van der Waals surface area contributed by atoms with Gasteiger partial charge in [-0.3, -0.25) is 10.7 Å². The Bertz CT molecular complexity index is 373. The molecule has 56 valence electrons. The van der Waals surface area contributed by atoms with Crippen molar-refractivity contribution < 1.29 is 5.21 Å². The first-order chi connectivity index (χ1) is 5.42. The summed E-state index contributed by atoms with van der Waals surface area (Å²) in [4.78, 5) is 0. The molecule has 4 nitrogen and oxygen atoms in total. The fraction of sp³-hybridized carbons (Fsp3) is 0. The minimum absolute atomic E-state index is 0.650. The highest BCUT2D eigenvalue weighted by Crippen LogP contribution is 2.23. The highest BCUT2D eigenvalue weighted by molar-refractivity contribution is 7.13. The molecule has 1 aromatic carbocycles. The molecule has 0 unspecified atom stereocenters. The van der Waals surface area contributed by atoms with Crippen molar-refractivity contribution in [3.8, 4) is 0 Å². The predicted octanol–water partition coefficient (Wildman–Crippen LogP) is 1.49. The van der Waals surface area contributed by atoms with E-state index >= 15 is 0 Å². The van der Waals surface area contributed by atoms with Crippen molar-refractivity contribution in [2.24, 2.45) is 0 Å². The van der Waals surface area contributed by atoms with Crippen molar-refractivity contribution in [3.05, 3.63) is 18.2 Å². The summed E-state index contributed by atoms with van der Waals surface area (Å²) < 4.78 is 4.62. The van der Waals surface area contributed by atoms with Gasteiger partial charge in [0.2, 0.25) is 0 Å². The van der Waals surface area contributed by atoms with E-state index in [2.05, 4.69) is 15.1 Å². The van der Waals surface area contributed by atoms with Gasteiger partial charge in [-0.25, -0.2) is 0 Å². The molecule has 2 aromatic rings. The van der Waals surface area contributed by atoms with Crippen LogP contribution in [0.1, 0.15) is 0 Å². The first kappa shape index (κ1) is 6.51. The van der Waals surface area contributed by atoms with Crippen LogP contribution in [0.2, 0.25) is 0 Å². The lowest BCUT2D eigenvalue weighted by atomic mass is 10.3. The second-order valence-electron chi connectivity index (χ2n) is 2.04. The molecule has 0 bridgehead atoms. The topological polar surface area (TPSA) is 58.0 Å². The SMILES string of the molecule is ONc1cccc2nnsc12. The van der Waals surface area contributed by atoms with E-state index < -0.39 is 0 Å². The predicted molar refractivity (Wildman–Crippen MR) is 42.8 cm³/mol. The zero-order valence-corrected chi connectivity index (χ0v) is 6.30. The Morgan fingerprint density at radius 3 is 3.18 bits per heavy atom. The summed E-state index contributed by atoms with van der Waals surface area (Å²) in [6.07, 6.45) is 0. The molecule has 0 amide bonds. The van der Waals surface area contributed by atoms with Crippen LogP contribution in [0, 0.1) is 0 Å². The van der Waals surface area contributed by atoms with Crippen LogP contribution in [0.5, 0.6) is 0 Å². The van der Waals surface area contributed by atoms with Crippen molar-refractivity contribution >= 4 is 27.4 Å². The summed E-state index contributed by atoms with van der Waals surface area (Å²) in [6, 6.07) is 5.42. The van der Waals surface area contributed by atoms with Crippen LogP contribution in [0.25, 0.3) is 10.2 Å². The Kier molecular flexibility index (Phi) is 1.45. The number of aromatic nitrogens is 2. The van der Waals surface area contributed by atoms with Crippen molar-refractivity contribution in [3.63, 3.8) is 0 Å². The highest BCUT2D eigenvalue weighted by Gasteiger charge is 2.01. The second-order valence-corrected chi connectivity index (χ2v) is 2.79. The number of hydrogen-bond donors (Lipinski definition) is 2. The summed E-state index contributed by atoms with van der Waals surface area (Å²) >= 11 is 1.25. The maximum atomic E-state index is 8.66. The molecule has 0 spiro atoms. The second kappa shape index (κ2) is 2.44. The Morgan fingerprint density at radius 1 is 1.45 bits per heavy atom. The Morgan fingerprint density at radius 2 is 2.36 bits per heavy atom. The number of nitrogens with zero attached hydrogens (tertiary/aromatic N) is 2. The molecule has 0 aliphatic carbocycles. The van der Waals surface area contributed by atoms with Gasteiger partial charge < -0.3 is 0 Å². The molecule has 2 rings (SSSR count). The molecule has 1 aromatic heterocycles. The van der Waals surface area contributed by atoms with Crippen LogP contribution < -0.4 is 5.48 Å². The molecule has 1 heterocycles. The average Bonchev–Trinajstić information content (AvgIpc) is 2.50. The van der Waals surface area contributed by atoms with Crippen molar-refractivity contribution in [2.75, 3.05) is 5.48 Å². The van der Waals surface area contributed by atoms with Gasteiger partial charge in [0, 0.05) is 0 Å². The van der Waals surface area contributed by atoms with Gasteiger partial charge in [0.15, 0.2) is 0 Å². The van der Waals surface area contributed by atoms with E-state index in [0.717, 1.165) is 10.2 Å². The van der Waals surface area contributed by atoms with Gasteiger partial charge >= 0.3 is 0 Å². The monoisotopic (exact) mass is 167 g/mol. The van der Waals surface area contributed by atoms with E-state index in [0.29, 0.717) is 5.69 Å². The maximum absolute atomic E-state index is 8.66. The minimum Gasteiger partial charge on any atom is -0.291 e. The first-order valence-corrected chi connectivity index (χ1v) is 3.80. The van der Waals surface area contributed by atoms with Crippen LogP contribution in [0.4, 0.5) is 5.69 Å². The third-order valence-electron chi connectivity index (χ3n) is 1.40. The molecule has 0 aliphatic heterocycles. The number of anilines is 1. The van der Waals surface area contributed by atoms with E-state index in [1.165, 1.54) is 11.5 Å². The Labute approximate surface area is 66.6 Å². The minimum atomic E-state index is 0.650. The lowest BCUT2D eigenvalue weighted by Crippen LogP contribution is -1.87. The molecule has 0 radical (unpaired) electrons. The third-order valence-corrected chi connectivity index (χ3v) is 2.17. The van der Waals surface area contributed by atoms with Gasteiger partial charge in [-0.1, -0.05) is 10.6 Å². The number of rotatable bonds is 1. The van der Waals surface area contributed by atoms with Crippen molar-refractivity contribution in [2.45, 2.75) is 0 Å². The molecular weight excluding hydrogens is 162 g/mol. The van der Waals surface area contributed by atoms with Crippen LogP contribution in [0.15, 0.2) is 18.2 Å². The number of hydrogen-bond acceptors (Lipinski definition) is 5. The lowest BCUT2D eigenvalue weighted by Gasteiger charge is -1.95. The lowest BCUT2D eigenvalue weighted by molar-refractivity contribution is 0.390. The van der Waals surface area contributed by atoms with Gasteiger partial charge in [-0.2, -0.15) is 0 Å². The van der Waals surface area contributed by atoms with Gasteiger partial charge in [0.05, 0.1) is 5.69 Å². The van der Waals surface area contributed by atoms with Gasteiger partial charge in [-0.05, 0) is 23.7 Å². The van der Waals surface area contributed by atoms with E-state index in [4.69, 9.17) is 5.21 Å². The summed E-state index contributed by atoms with van der Waals surface area (Å²) in [5, 5.41) is 12.5. The number of benzene rings is 1. The van der Waals surface area contributed by atoms with Crippen LogP contribution in [0.3, 0.4) is 0 Å². The summed E-state index contributed by atoms with van der Waals surface area (Å²) in [5.74, 6) is 0. The first-order valence-electron chi connectivity index (χ1n) is 3.03. The maximum Gasteiger partial charge on any atom is 0.108 e. The van der Waals surface area contributed by atoms with E-state index in [-0.39, 0.29) is 0 Å². The third kappa shape index (κ3) is 0.941. The van der Waals surface area contributed by atoms with Gasteiger partial charge in [-0.15, -0.1) is 5.10 Å². The summed E-state index contributed by atoms with van der Waals surface area (Å²) in [6.45, 7) is 0. The summed E-state index contributed by atoms with van der Waals surface area (Å²) in [7, 11) is 0. The molecule has 2 N–H and O–H groups in total. The zero-order chi connectivity index (χ0) is 7.68. The number of nitrogens with one attached hydrogen (secondary N) is 1. The smallest absolute Gasteiger partial charge is 0.108 e. The van der Waals surface area contributed by atoms with E-state index in [1.807, 2.05) is 12.1 Å². The van der Waals surface area contributed by atoms with E-state index in [9.17, 15) is 0 Å². The fourth-order valence-electron chi connectivity index (χ4n) is 0.893. The van der Waals surface area contributed by atoms with Gasteiger partial charge in [0.25, 0.3) is 0 Å². The van der Waals surface area contributed by atoms with Gasteiger partial charge in [0.1, 0.15) is 10.2 Å². The molecule has 11 heavy (non-hydrogen) atoms. The molecule has 0 atom stereocenters. The largest absolute Gasteiger partial charge is 0.291 e. The highest BCUT2D eigenvalue weighted by atomic mass is 32.1. The van der Waals surface area contributed by atoms with Crippen molar-refractivity contribution in [1.82, 2.24) is 9.59 Å². The molecule has 0 aliphatic rings. The Hall–Kier alpha value is -1.20. The fourth-order valence-corrected chi connectivity index (χ4v) is 1.52. The zero-order valence-electron chi connectivity index (χ0n) is 5.48. The van der Waals surface area contributed by atoms with Crippen molar-refractivity contribution in [1.29, 1.82) is 0 Å². The molecule has 5 heteroatoms. The standard InChI is InChI=1S/C6H5N3OS/c10-8-5-3-1-2-4-6(5)11-9-7-4/h1-3,8,10H. The van der Waals surface area contributed by atoms with Crippen LogP contribution in [-0.2, 0) is 0 Å². The molecular formula is C6H5N3OS. The molecule has 0 saturated carbocycles. The normalized spacial score (nSPS) is 10.3.